The lowest BCUT2D eigenvalue weighted by atomic mass is 10.1. The van der Waals surface area contributed by atoms with E-state index in [1.54, 1.807) is 60.5 Å². The van der Waals surface area contributed by atoms with Crippen molar-refractivity contribution >= 4 is 21.7 Å². The molecule has 0 aliphatic carbocycles. The van der Waals surface area contributed by atoms with Crippen LogP contribution < -0.4 is 18.9 Å². The molecule has 12 heteroatoms. The number of ether oxygens (including phenoxy) is 4. The summed E-state index contributed by atoms with van der Waals surface area (Å²) in [5, 5.41) is 0. The van der Waals surface area contributed by atoms with E-state index < -0.39 is 9.84 Å². The van der Waals surface area contributed by atoms with Crippen LogP contribution in [0.5, 0.6) is 23.0 Å². The van der Waals surface area contributed by atoms with Crippen molar-refractivity contribution in [1.29, 1.82) is 0 Å². The Morgan fingerprint density at radius 1 is 0.918 bits per heavy atom. The molecule has 3 aromatic carbocycles. The van der Waals surface area contributed by atoms with Crippen LogP contribution in [0.15, 0.2) is 70.5 Å². The fourth-order valence-corrected chi connectivity index (χ4v) is 7.77. The van der Waals surface area contributed by atoms with Crippen molar-refractivity contribution in [3.05, 3.63) is 71.8 Å². The van der Waals surface area contributed by atoms with Crippen LogP contribution in [0, 0.1) is 0 Å². The van der Waals surface area contributed by atoms with E-state index in [1.807, 2.05) is 11.0 Å². The Balaban J connectivity index is 1.12. The first-order valence-corrected chi connectivity index (χ1v) is 18.4. The predicted molar refractivity (Wildman–Crippen MR) is 185 cm³/mol. The highest BCUT2D eigenvalue weighted by molar-refractivity contribution is 7.91. The third-order valence-corrected chi connectivity index (χ3v) is 10.9. The summed E-state index contributed by atoms with van der Waals surface area (Å²) in [6.07, 6.45) is 4.19. The Hall–Kier alpha value is -4.29. The Bertz CT molecular complexity index is 1730. The fraction of sp³-hybridized carbons (Fsp3) is 0.459. The number of sulfone groups is 1. The predicted octanol–water partition coefficient (Wildman–Crippen LogP) is 5.06. The number of nitrogens with zero attached hydrogens (tertiary/aromatic N) is 3. The van der Waals surface area contributed by atoms with Gasteiger partial charge in [-0.2, -0.15) is 0 Å². The molecule has 49 heavy (non-hydrogen) atoms. The van der Waals surface area contributed by atoms with Crippen LogP contribution in [-0.4, -0.2) is 101 Å². The normalized spacial score (nSPS) is 15.3. The zero-order chi connectivity index (χ0) is 35.0. The van der Waals surface area contributed by atoms with Gasteiger partial charge in [-0.15, -0.1) is 0 Å². The average Bonchev–Trinajstić information content (AvgIpc) is 3.51. The number of carbonyl (C=O) groups excluding carboxylic acids is 2. The molecule has 264 valence electrons. The maximum absolute atomic E-state index is 13.5. The second-order valence-corrected chi connectivity index (χ2v) is 14.4. The lowest BCUT2D eigenvalue weighted by Crippen LogP contribution is -2.40. The Morgan fingerprint density at radius 2 is 1.69 bits per heavy atom. The number of benzene rings is 3. The van der Waals surface area contributed by atoms with E-state index in [2.05, 4.69) is 18.7 Å². The van der Waals surface area contributed by atoms with Gasteiger partial charge in [-0.3, -0.25) is 9.59 Å². The van der Waals surface area contributed by atoms with E-state index in [4.69, 9.17) is 18.9 Å². The first kappa shape index (κ1) is 36.0. The standard InChI is InChI=1S/C37H47N3O8S/c1-5-16-38(27(2)21-28-10-8-11-30(22-28)49(43,44)31-13-15-33-35(24-31)48-26-47-33)17-6-7-18-39-19-9-20-40(25-36(39)41)37(42)29-12-14-32(45-3)34(23-29)46-4/h8,10-15,22-24,27H,5-7,9,16-21,25-26H2,1-4H3. The molecule has 0 N–H and O–H groups in total. The van der Waals surface area contributed by atoms with Crippen molar-refractivity contribution in [3.8, 4) is 23.0 Å². The third kappa shape index (κ3) is 8.66. The van der Waals surface area contributed by atoms with E-state index in [0.29, 0.717) is 61.0 Å². The second-order valence-electron chi connectivity index (χ2n) is 12.5. The molecule has 1 fully saturated rings. The zero-order valence-electron chi connectivity index (χ0n) is 28.9. The largest absolute Gasteiger partial charge is 0.493 e. The smallest absolute Gasteiger partial charge is 0.254 e. The lowest BCUT2D eigenvalue weighted by molar-refractivity contribution is -0.130. The number of methoxy groups -OCH3 is 2. The molecule has 0 aromatic heterocycles. The van der Waals surface area contributed by atoms with Crippen molar-refractivity contribution in [3.63, 3.8) is 0 Å². The molecule has 1 atom stereocenters. The molecule has 1 saturated heterocycles. The van der Waals surface area contributed by atoms with Crippen molar-refractivity contribution in [1.82, 2.24) is 14.7 Å². The van der Waals surface area contributed by atoms with Gasteiger partial charge >= 0.3 is 0 Å². The fourth-order valence-electron chi connectivity index (χ4n) is 6.43. The highest BCUT2D eigenvalue weighted by atomic mass is 32.2. The van der Waals surface area contributed by atoms with Crippen LogP contribution in [0.25, 0.3) is 0 Å². The van der Waals surface area contributed by atoms with Crippen molar-refractivity contribution in [2.24, 2.45) is 0 Å². The van der Waals surface area contributed by atoms with Crippen LogP contribution in [0.2, 0.25) is 0 Å². The average molecular weight is 694 g/mol. The van der Waals surface area contributed by atoms with Crippen molar-refractivity contribution < 1.29 is 37.0 Å². The number of hydrogen-bond acceptors (Lipinski definition) is 9. The van der Waals surface area contributed by atoms with Crippen LogP contribution in [0.3, 0.4) is 0 Å². The third-order valence-electron chi connectivity index (χ3n) is 9.10. The van der Waals surface area contributed by atoms with Gasteiger partial charge < -0.3 is 33.6 Å². The monoisotopic (exact) mass is 693 g/mol. The van der Waals surface area contributed by atoms with Crippen LogP contribution in [0.1, 0.15) is 55.5 Å². The van der Waals surface area contributed by atoms with Gasteiger partial charge in [0.1, 0.15) is 6.54 Å². The van der Waals surface area contributed by atoms with E-state index in [0.717, 1.165) is 37.9 Å². The van der Waals surface area contributed by atoms with Crippen LogP contribution >= 0.6 is 0 Å². The molecule has 1 unspecified atom stereocenters. The van der Waals surface area contributed by atoms with Crippen molar-refractivity contribution in [2.45, 2.75) is 61.8 Å². The minimum absolute atomic E-state index is 0.0410. The maximum atomic E-state index is 13.5. The molecule has 0 bridgehead atoms. The highest BCUT2D eigenvalue weighted by Gasteiger charge is 2.27. The number of rotatable bonds is 15. The number of unbranched alkanes of at least 4 members (excludes halogenated alkanes) is 1. The van der Waals surface area contributed by atoms with Gasteiger partial charge in [-0.1, -0.05) is 19.1 Å². The topological polar surface area (TPSA) is 115 Å². The number of carbonyl (C=O) groups is 2. The molecule has 0 saturated carbocycles. The van der Waals surface area contributed by atoms with E-state index in [1.165, 1.54) is 13.2 Å². The highest BCUT2D eigenvalue weighted by Crippen LogP contribution is 2.35. The van der Waals surface area contributed by atoms with Gasteiger partial charge in [-0.25, -0.2) is 8.42 Å². The number of hydrogen-bond donors (Lipinski definition) is 0. The molecule has 3 aromatic rings. The molecule has 0 radical (unpaired) electrons. The summed E-state index contributed by atoms with van der Waals surface area (Å²) in [6.45, 7) is 8.04. The summed E-state index contributed by atoms with van der Waals surface area (Å²) < 4.78 is 48.3. The quantitative estimate of drug-likeness (QED) is 0.202. The molecular formula is C37H47N3O8S. The van der Waals surface area contributed by atoms with E-state index in [-0.39, 0.29) is 41.0 Å². The van der Waals surface area contributed by atoms with E-state index in [9.17, 15) is 18.0 Å². The first-order chi connectivity index (χ1) is 23.6. The molecule has 5 rings (SSSR count). The second kappa shape index (κ2) is 16.4. The summed E-state index contributed by atoms with van der Waals surface area (Å²) in [5.74, 6) is 1.76. The summed E-state index contributed by atoms with van der Waals surface area (Å²) in [4.78, 5) is 32.8. The Labute approximate surface area is 289 Å². The van der Waals surface area contributed by atoms with Gasteiger partial charge in [0.25, 0.3) is 5.91 Å². The van der Waals surface area contributed by atoms with Crippen molar-refractivity contribution in [2.75, 3.05) is 60.3 Å². The molecular weight excluding hydrogens is 646 g/mol. The van der Waals surface area contributed by atoms with E-state index >= 15 is 0 Å². The van der Waals surface area contributed by atoms with Gasteiger partial charge in [0, 0.05) is 37.3 Å². The molecule has 2 heterocycles. The Kier molecular flexibility index (Phi) is 12.1. The molecule has 11 nitrogen and oxygen atoms in total. The molecule has 2 aliphatic heterocycles. The molecule has 2 aliphatic rings. The van der Waals surface area contributed by atoms with Gasteiger partial charge in [0.15, 0.2) is 23.0 Å². The molecule has 2 amide bonds. The van der Waals surface area contributed by atoms with Gasteiger partial charge in [0.05, 0.1) is 24.0 Å². The van der Waals surface area contributed by atoms with Crippen LogP contribution in [0.4, 0.5) is 0 Å². The lowest BCUT2D eigenvalue weighted by Gasteiger charge is -2.29. The summed E-state index contributed by atoms with van der Waals surface area (Å²) in [5.41, 5.74) is 1.42. The minimum Gasteiger partial charge on any atom is -0.493 e. The summed E-state index contributed by atoms with van der Waals surface area (Å²) in [6, 6.07) is 17.1. The SMILES string of the molecule is CCCN(CCCCN1CCCN(C(=O)c2ccc(OC)c(OC)c2)CC1=O)C(C)Cc1cccc(S(=O)(=O)c2ccc3c(c2)OCO3)c1. The van der Waals surface area contributed by atoms with Gasteiger partial charge in [0.2, 0.25) is 22.5 Å². The summed E-state index contributed by atoms with van der Waals surface area (Å²) >= 11 is 0. The number of fused-ring (bicyclic) bond motifs is 1. The summed E-state index contributed by atoms with van der Waals surface area (Å²) in [7, 11) is -0.653. The Morgan fingerprint density at radius 3 is 2.47 bits per heavy atom. The number of amides is 2. The van der Waals surface area contributed by atoms with Gasteiger partial charge in [-0.05, 0) is 100 Å². The molecule has 0 spiro atoms. The zero-order valence-corrected chi connectivity index (χ0v) is 29.7. The maximum Gasteiger partial charge on any atom is 0.254 e. The first-order valence-electron chi connectivity index (χ1n) is 16.9. The van der Waals surface area contributed by atoms with Crippen LogP contribution in [-0.2, 0) is 21.1 Å². The minimum atomic E-state index is -3.73.